The van der Waals surface area contributed by atoms with Crippen LogP contribution >= 0.6 is 0 Å². The smallest absolute Gasteiger partial charge is 0.226 e. The third-order valence-electron chi connectivity index (χ3n) is 3.04. The molecule has 0 aliphatic carbocycles. The average molecular weight is 201 g/mol. The maximum atomic E-state index is 11.8. The number of hydrogen-bond donors (Lipinski definition) is 2. The van der Waals surface area contributed by atoms with Crippen molar-refractivity contribution < 1.29 is 9.90 Å². The lowest BCUT2D eigenvalue weighted by atomic mass is 9.87. The van der Waals surface area contributed by atoms with E-state index in [2.05, 4.69) is 5.32 Å². The molecule has 0 fully saturated rings. The van der Waals surface area contributed by atoms with Gasteiger partial charge in [-0.15, -0.1) is 0 Å². The van der Waals surface area contributed by atoms with Gasteiger partial charge in [-0.05, 0) is 19.8 Å². The van der Waals surface area contributed by atoms with Crippen molar-refractivity contribution in [3.8, 4) is 0 Å². The first-order valence-electron chi connectivity index (χ1n) is 5.25. The van der Waals surface area contributed by atoms with Gasteiger partial charge >= 0.3 is 0 Å². The first-order chi connectivity index (χ1) is 6.31. The van der Waals surface area contributed by atoms with Crippen LogP contribution in [0.4, 0.5) is 0 Å². The van der Waals surface area contributed by atoms with Crippen molar-refractivity contribution in [2.75, 3.05) is 6.61 Å². The summed E-state index contributed by atoms with van der Waals surface area (Å²) in [5, 5.41) is 12.1. The van der Waals surface area contributed by atoms with Crippen LogP contribution in [-0.4, -0.2) is 23.2 Å². The molecule has 0 aromatic rings. The molecule has 3 heteroatoms. The lowest BCUT2D eigenvalue weighted by Gasteiger charge is -2.32. The summed E-state index contributed by atoms with van der Waals surface area (Å²) >= 11 is 0. The molecule has 2 N–H and O–H groups in total. The number of rotatable bonds is 5. The van der Waals surface area contributed by atoms with Crippen LogP contribution in [0.15, 0.2) is 0 Å². The van der Waals surface area contributed by atoms with E-state index in [-0.39, 0.29) is 17.9 Å². The van der Waals surface area contributed by atoms with Crippen LogP contribution in [0.3, 0.4) is 0 Å². The maximum absolute atomic E-state index is 11.8. The van der Waals surface area contributed by atoms with Crippen LogP contribution in [0.25, 0.3) is 0 Å². The van der Waals surface area contributed by atoms with Gasteiger partial charge in [-0.2, -0.15) is 0 Å². The SMILES string of the molecule is CCC(C)(CO)NC(=O)C(C)(C)CC. The summed E-state index contributed by atoms with van der Waals surface area (Å²) in [5.74, 6) is 0.0124. The fourth-order valence-electron chi connectivity index (χ4n) is 0.844. The number of aliphatic hydroxyl groups excluding tert-OH is 1. The molecular formula is C11H23NO2. The van der Waals surface area contributed by atoms with Crippen molar-refractivity contribution in [2.45, 2.75) is 53.0 Å². The minimum atomic E-state index is -0.483. The zero-order chi connectivity index (χ0) is 11.4. The van der Waals surface area contributed by atoms with Gasteiger partial charge in [0.25, 0.3) is 0 Å². The Morgan fingerprint density at radius 1 is 1.21 bits per heavy atom. The zero-order valence-electron chi connectivity index (χ0n) is 9.98. The quantitative estimate of drug-likeness (QED) is 0.711. The van der Waals surface area contributed by atoms with E-state index in [1.807, 2.05) is 34.6 Å². The fourth-order valence-corrected chi connectivity index (χ4v) is 0.844. The molecule has 14 heavy (non-hydrogen) atoms. The molecule has 0 aromatic heterocycles. The number of carbonyl (C=O) groups excluding carboxylic acids is 1. The predicted octanol–water partition coefficient (Wildman–Crippen LogP) is 1.70. The highest BCUT2D eigenvalue weighted by atomic mass is 16.3. The molecule has 0 aliphatic heterocycles. The summed E-state index contributed by atoms with van der Waals surface area (Å²) in [5.41, 5.74) is -0.838. The van der Waals surface area contributed by atoms with Gasteiger partial charge in [-0.3, -0.25) is 4.79 Å². The van der Waals surface area contributed by atoms with Crippen LogP contribution in [0.1, 0.15) is 47.5 Å². The van der Waals surface area contributed by atoms with E-state index < -0.39 is 5.54 Å². The lowest BCUT2D eigenvalue weighted by molar-refractivity contribution is -0.132. The van der Waals surface area contributed by atoms with E-state index >= 15 is 0 Å². The van der Waals surface area contributed by atoms with Crippen molar-refractivity contribution >= 4 is 5.91 Å². The molecule has 1 unspecified atom stereocenters. The molecule has 0 aromatic carbocycles. The Bertz CT molecular complexity index is 195. The van der Waals surface area contributed by atoms with Gasteiger partial charge in [-0.25, -0.2) is 0 Å². The molecule has 3 nitrogen and oxygen atoms in total. The predicted molar refractivity (Wildman–Crippen MR) is 58.0 cm³/mol. The molecule has 1 amide bonds. The highest BCUT2D eigenvalue weighted by Crippen LogP contribution is 2.21. The Morgan fingerprint density at radius 2 is 1.71 bits per heavy atom. The number of carbonyl (C=O) groups is 1. The molecule has 0 heterocycles. The van der Waals surface area contributed by atoms with Crippen molar-refractivity contribution in [1.29, 1.82) is 0 Å². The number of hydrogen-bond acceptors (Lipinski definition) is 2. The van der Waals surface area contributed by atoms with E-state index in [1.54, 1.807) is 0 Å². The summed E-state index contributed by atoms with van der Waals surface area (Å²) in [6.45, 7) is 9.61. The molecule has 0 bridgehead atoms. The van der Waals surface area contributed by atoms with E-state index in [0.29, 0.717) is 0 Å². The van der Waals surface area contributed by atoms with Gasteiger partial charge < -0.3 is 10.4 Å². The molecule has 0 spiro atoms. The average Bonchev–Trinajstić information content (AvgIpc) is 2.17. The van der Waals surface area contributed by atoms with Crippen LogP contribution in [0.2, 0.25) is 0 Å². The standard InChI is InChI=1S/C11H23NO2/c1-6-10(3,4)9(14)12-11(5,7-2)8-13/h13H,6-8H2,1-5H3,(H,12,14). The van der Waals surface area contributed by atoms with Crippen LogP contribution < -0.4 is 5.32 Å². The Kier molecular flexibility index (Phi) is 4.59. The minimum absolute atomic E-state index is 0.0124. The van der Waals surface area contributed by atoms with Gasteiger partial charge in [0, 0.05) is 5.41 Å². The monoisotopic (exact) mass is 201 g/mol. The van der Waals surface area contributed by atoms with E-state index in [4.69, 9.17) is 5.11 Å². The van der Waals surface area contributed by atoms with Gasteiger partial charge in [0.2, 0.25) is 5.91 Å². The van der Waals surface area contributed by atoms with E-state index in [1.165, 1.54) is 0 Å². The second kappa shape index (κ2) is 4.78. The summed E-state index contributed by atoms with van der Waals surface area (Å²) < 4.78 is 0. The van der Waals surface area contributed by atoms with Gasteiger partial charge in [0.15, 0.2) is 0 Å². The highest BCUT2D eigenvalue weighted by Gasteiger charge is 2.31. The normalized spacial score (nSPS) is 16.1. The summed E-state index contributed by atoms with van der Waals surface area (Å²) in [6, 6.07) is 0. The van der Waals surface area contributed by atoms with Crippen molar-refractivity contribution in [1.82, 2.24) is 5.32 Å². The van der Waals surface area contributed by atoms with E-state index in [9.17, 15) is 4.79 Å². The molecule has 0 aliphatic rings. The topological polar surface area (TPSA) is 49.3 Å². The summed E-state index contributed by atoms with van der Waals surface area (Å²) in [4.78, 5) is 11.8. The number of amides is 1. The molecule has 0 saturated heterocycles. The zero-order valence-corrected chi connectivity index (χ0v) is 9.98. The Hall–Kier alpha value is -0.570. The molecule has 0 rings (SSSR count). The largest absolute Gasteiger partial charge is 0.394 e. The van der Waals surface area contributed by atoms with Crippen molar-refractivity contribution in [2.24, 2.45) is 5.41 Å². The first kappa shape index (κ1) is 13.4. The first-order valence-corrected chi connectivity index (χ1v) is 5.25. The Morgan fingerprint density at radius 3 is 2.00 bits per heavy atom. The lowest BCUT2D eigenvalue weighted by Crippen LogP contribution is -2.52. The van der Waals surface area contributed by atoms with Gasteiger partial charge in [0.05, 0.1) is 12.1 Å². The van der Waals surface area contributed by atoms with Crippen LogP contribution in [-0.2, 0) is 4.79 Å². The van der Waals surface area contributed by atoms with Crippen molar-refractivity contribution in [3.63, 3.8) is 0 Å². The molecule has 1 atom stereocenters. The second-order valence-corrected chi connectivity index (χ2v) is 4.76. The molecule has 0 saturated carbocycles. The summed E-state index contributed by atoms with van der Waals surface area (Å²) in [7, 11) is 0. The fraction of sp³-hybridized carbons (Fsp3) is 0.909. The number of nitrogens with one attached hydrogen (secondary N) is 1. The number of aliphatic hydroxyl groups is 1. The van der Waals surface area contributed by atoms with Gasteiger partial charge in [-0.1, -0.05) is 27.7 Å². The van der Waals surface area contributed by atoms with E-state index in [0.717, 1.165) is 12.8 Å². The molecular weight excluding hydrogens is 178 g/mol. The minimum Gasteiger partial charge on any atom is -0.394 e. The molecule has 0 radical (unpaired) electrons. The van der Waals surface area contributed by atoms with Crippen LogP contribution in [0.5, 0.6) is 0 Å². The van der Waals surface area contributed by atoms with Crippen LogP contribution in [0, 0.1) is 5.41 Å². The Labute approximate surface area is 86.9 Å². The second-order valence-electron chi connectivity index (χ2n) is 4.76. The summed E-state index contributed by atoms with van der Waals surface area (Å²) in [6.07, 6.45) is 1.53. The Balaban J connectivity index is 4.45. The third-order valence-corrected chi connectivity index (χ3v) is 3.04. The maximum Gasteiger partial charge on any atom is 0.226 e. The highest BCUT2D eigenvalue weighted by molar-refractivity contribution is 5.82. The third kappa shape index (κ3) is 3.29. The molecule has 84 valence electrons. The van der Waals surface area contributed by atoms with Crippen molar-refractivity contribution in [3.05, 3.63) is 0 Å². The van der Waals surface area contributed by atoms with Gasteiger partial charge in [0.1, 0.15) is 0 Å².